The van der Waals surface area contributed by atoms with Gasteiger partial charge in [-0.2, -0.15) is 0 Å². The number of thiophene rings is 1. The average Bonchev–Trinajstić information content (AvgIpc) is 2.80. The Hall–Kier alpha value is -1.65. The van der Waals surface area contributed by atoms with Crippen LogP contribution in [0, 0.1) is 5.41 Å². The molecule has 3 nitrogen and oxygen atoms in total. The largest absolute Gasteiger partial charge is 0.430 e. The Morgan fingerprint density at radius 3 is 2.50 bits per heavy atom. The van der Waals surface area contributed by atoms with Crippen molar-refractivity contribution in [2.24, 2.45) is 11.1 Å². The molecule has 118 valence electrons. The molecule has 2 rings (SSSR count). The number of hydrogen-bond donors (Lipinski definition) is 1. The summed E-state index contributed by atoms with van der Waals surface area (Å²) in [6, 6.07) is 10.0. The second-order valence-electron chi connectivity index (χ2n) is 6.95. The summed E-state index contributed by atoms with van der Waals surface area (Å²) in [5, 5.41) is 1.09. The van der Waals surface area contributed by atoms with Crippen molar-refractivity contribution in [2.75, 3.05) is 0 Å². The minimum atomic E-state index is -1.17. The monoisotopic (exact) mass is 317 g/mol. The second-order valence-corrected chi connectivity index (χ2v) is 8.03. The molecule has 2 N–H and O–H groups in total. The normalized spacial score (nSPS) is 14.6. The molecular weight excluding hydrogens is 294 g/mol. The van der Waals surface area contributed by atoms with Gasteiger partial charge in [-0.25, -0.2) is 4.79 Å². The van der Waals surface area contributed by atoms with Crippen molar-refractivity contribution in [2.45, 2.75) is 39.7 Å². The van der Waals surface area contributed by atoms with Gasteiger partial charge in [-0.05, 0) is 36.3 Å². The van der Waals surface area contributed by atoms with Crippen LogP contribution < -0.4 is 5.73 Å². The molecule has 0 saturated carbocycles. The van der Waals surface area contributed by atoms with Gasteiger partial charge in [0, 0.05) is 9.58 Å². The van der Waals surface area contributed by atoms with Gasteiger partial charge in [0.1, 0.15) is 0 Å². The molecule has 2 aromatic rings. The highest BCUT2D eigenvalue weighted by atomic mass is 32.1. The summed E-state index contributed by atoms with van der Waals surface area (Å²) in [5.74, 6) is -0.0867. The van der Waals surface area contributed by atoms with Crippen molar-refractivity contribution in [3.05, 3.63) is 47.5 Å². The van der Waals surface area contributed by atoms with Gasteiger partial charge in [-0.1, -0.05) is 45.5 Å². The molecule has 0 bridgehead atoms. The minimum absolute atomic E-state index is 0.112. The molecular formula is C18H23NO2S. The van der Waals surface area contributed by atoms with Crippen LogP contribution in [0.4, 0.5) is 0 Å². The van der Waals surface area contributed by atoms with Crippen molar-refractivity contribution in [3.63, 3.8) is 0 Å². The summed E-state index contributed by atoms with van der Waals surface area (Å²) < 4.78 is 6.38. The molecule has 0 aliphatic rings. The van der Waals surface area contributed by atoms with Crippen molar-refractivity contribution < 1.29 is 9.53 Å². The van der Waals surface area contributed by atoms with E-state index in [0.29, 0.717) is 12.2 Å². The number of carbonyl (C=O) groups is 1. The van der Waals surface area contributed by atoms with Gasteiger partial charge in [-0.15, -0.1) is 11.3 Å². The van der Waals surface area contributed by atoms with Crippen LogP contribution in [-0.4, -0.2) is 5.97 Å². The molecule has 0 fully saturated rings. The van der Waals surface area contributed by atoms with E-state index in [2.05, 4.69) is 27.4 Å². The summed E-state index contributed by atoms with van der Waals surface area (Å²) in [7, 11) is 0. The van der Waals surface area contributed by atoms with E-state index in [9.17, 15) is 4.79 Å². The third-order valence-corrected chi connectivity index (χ3v) is 4.60. The van der Waals surface area contributed by atoms with Crippen molar-refractivity contribution in [3.8, 4) is 0 Å². The molecule has 0 saturated heterocycles. The lowest BCUT2D eigenvalue weighted by atomic mass is 9.79. The lowest BCUT2D eigenvalue weighted by molar-refractivity contribution is -0.147. The van der Waals surface area contributed by atoms with Crippen LogP contribution in [0.1, 0.15) is 39.0 Å². The molecule has 0 aliphatic carbocycles. The van der Waals surface area contributed by atoms with E-state index in [1.807, 2.05) is 30.3 Å². The van der Waals surface area contributed by atoms with Gasteiger partial charge in [0.15, 0.2) is 5.54 Å². The maximum atomic E-state index is 12.6. The van der Waals surface area contributed by atoms with E-state index < -0.39 is 11.5 Å². The number of fused-ring (bicyclic) bond motifs is 1. The number of ether oxygens (including phenoxy) is 1. The lowest BCUT2D eigenvalue weighted by Gasteiger charge is -2.32. The number of allylic oxidation sites excluding steroid dienone is 1. The van der Waals surface area contributed by atoms with E-state index in [-0.39, 0.29) is 5.41 Å². The standard InChI is InChI=1S/C18H23NO2S/c1-12(2)21-16(20)18(19,11-17(3,4)5)15-10-13-8-6-7-9-14(13)22-15/h6-10H,1,11,19H2,2-5H3/t18-/m1/s1. The van der Waals surface area contributed by atoms with Crippen LogP contribution in [0.25, 0.3) is 10.1 Å². The highest BCUT2D eigenvalue weighted by molar-refractivity contribution is 7.19. The highest BCUT2D eigenvalue weighted by Crippen LogP contribution is 2.39. The fourth-order valence-corrected chi connectivity index (χ4v) is 3.70. The molecule has 4 heteroatoms. The maximum Gasteiger partial charge on any atom is 0.336 e. The zero-order valence-electron chi connectivity index (χ0n) is 13.6. The van der Waals surface area contributed by atoms with E-state index in [1.165, 1.54) is 0 Å². The van der Waals surface area contributed by atoms with Gasteiger partial charge in [0.2, 0.25) is 0 Å². The third-order valence-electron chi connectivity index (χ3n) is 3.31. The van der Waals surface area contributed by atoms with Gasteiger partial charge in [-0.3, -0.25) is 0 Å². The number of carbonyl (C=O) groups excluding carboxylic acids is 1. The molecule has 0 spiro atoms. The minimum Gasteiger partial charge on any atom is -0.430 e. The Morgan fingerprint density at radius 2 is 1.95 bits per heavy atom. The first-order valence-electron chi connectivity index (χ1n) is 7.27. The van der Waals surface area contributed by atoms with Gasteiger partial charge in [0.25, 0.3) is 0 Å². The molecule has 1 heterocycles. The third kappa shape index (κ3) is 3.57. The predicted octanol–water partition coefficient (Wildman–Crippen LogP) is 4.57. The number of esters is 1. The molecule has 0 unspecified atom stereocenters. The van der Waals surface area contributed by atoms with Crippen molar-refractivity contribution >= 4 is 27.4 Å². The van der Waals surface area contributed by atoms with Gasteiger partial charge < -0.3 is 10.5 Å². The van der Waals surface area contributed by atoms with E-state index >= 15 is 0 Å². The Bertz CT molecular complexity index is 678. The molecule has 1 aromatic heterocycles. The molecule has 0 radical (unpaired) electrons. The van der Waals surface area contributed by atoms with Crippen molar-refractivity contribution in [1.29, 1.82) is 0 Å². The van der Waals surface area contributed by atoms with Gasteiger partial charge in [0.05, 0.1) is 5.76 Å². The quantitative estimate of drug-likeness (QED) is 0.664. The Balaban J connectivity index is 2.51. The Labute approximate surface area is 135 Å². The zero-order chi connectivity index (χ0) is 16.5. The molecule has 22 heavy (non-hydrogen) atoms. The zero-order valence-corrected chi connectivity index (χ0v) is 14.4. The summed E-state index contributed by atoms with van der Waals surface area (Å²) in [4.78, 5) is 13.5. The van der Waals surface area contributed by atoms with Crippen LogP contribution in [0.3, 0.4) is 0 Å². The first kappa shape index (κ1) is 16.7. The molecule has 0 amide bonds. The average molecular weight is 317 g/mol. The molecule has 1 aromatic carbocycles. The highest BCUT2D eigenvalue weighted by Gasteiger charge is 2.42. The van der Waals surface area contributed by atoms with E-state index in [1.54, 1.807) is 18.3 Å². The topological polar surface area (TPSA) is 52.3 Å². The lowest BCUT2D eigenvalue weighted by Crippen LogP contribution is -2.47. The Morgan fingerprint density at radius 1 is 1.32 bits per heavy atom. The first-order valence-corrected chi connectivity index (χ1v) is 8.09. The second kappa shape index (κ2) is 5.86. The SMILES string of the molecule is C=C(C)OC(=O)[C@@](N)(CC(C)(C)C)c1cc2ccccc2s1. The predicted molar refractivity (Wildman–Crippen MR) is 92.7 cm³/mol. The maximum absolute atomic E-state index is 12.6. The fourth-order valence-electron chi connectivity index (χ4n) is 2.55. The first-order chi connectivity index (χ1) is 10.1. The number of rotatable bonds is 4. The number of hydrogen-bond acceptors (Lipinski definition) is 4. The smallest absolute Gasteiger partial charge is 0.336 e. The van der Waals surface area contributed by atoms with Crippen molar-refractivity contribution in [1.82, 2.24) is 0 Å². The van der Waals surface area contributed by atoms with Crippen LogP contribution >= 0.6 is 11.3 Å². The number of nitrogens with two attached hydrogens (primary N) is 1. The van der Waals surface area contributed by atoms with E-state index in [0.717, 1.165) is 15.0 Å². The van der Waals surface area contributed by atoms with Crippen LogP contribution in [0.5, 0.6) is 0 Å². The van der Waals surface area contributed by atoms with Crippen LogP contribution in [0.2, 0.25) is 0 Å². The Kier molecular flexibility index (Phi) is 4.45. The summed E-state index contributed by atoms with van der Waals surface area (Å²) >= 11 is 1.54. The summed E-state index contributed by atoms with van der Waals surface area (Å²) in [5.41, 5.74) is 5.28. The van der Waals surface area contributed by atoms with Crippen LogP contribution in [-0.2, 0) is 15.1 Å². The summed E-state index contributed by atoms with van der Waals surface area (Å²) in [6.07, 6.45) is 0.499. The van der Waals surface area contributed by atoms with E-state index in [4.69, 9.17) is 10.5 Å². The molecule has 1 atom stereocenters. The molecule has 0 aliphatic heterocycles. The van der Waals surface area contributed by atoms with Crippen LogP contribution in [0.15, 0.2) is 42.7 Å². The summed E-state index contributed by atoms with van der Waals surface area (Å²) in [6.45, 7) is 11.5. The number of benzene rings is 1. The fraction of sp³-hybridized carbons (Fsp3) is 0.389. The van der Waals surface area contributed by atoms with Gasteiger partial charge >= 0.3 is 5.97 Å².